The average Bonchev–Trinajstić information content (AvgIpc) is 2.64. The van der Waals surface area contributed by atoms with Gasteiger partial charge in [-0.25, -0.2) is 9.36 Å². The quantitative estimate of drug-likeness (QED) is 0.374. The van der Waals surface area contributed by atoms with Gasteiger partial charge in [0, 0.05) is 6.20 Å². The highest BCUT2D eigenvalue weighted by molar-refractivity contribution is 7.46. The van der Waals surface area contributed by atoms with Crippen LogP contribution >= 0.6 is 7.82 Å². The third-order valence-electron chi connectivity index (χ3n) is 2.87. The molecule has 1 aliphatic rings. The second-order valence-electron chi connectivity index (χ2n) is 4.37. The zero-order valence-corrected chi connectivity index (χ0v) is 11.4. The first-order valence-corrected chi connectivity index (χ1v) is 7.28. The number of aliphatic hydroxyl groups is 2. The van der Waals surface area contributed by atoms with E-state index in [-0.39, 0.29) is 5.82 Å². The molecule has 11 nitrogen and oxygen atoms in total. The van der Waals surface area contributed by atoms with Crippen molar-refractivity contribution in [3.8, 4) is 0 Å². The number of rotatable bonds is 4. The van der Waals surface area contributed by atoms with Crippen molar-refractivity contribution in [2.24, 2.45) is 0 Å². The van der Waals surface area contributed by atoms with Gasteiger partial charge in [-0.1, -0.05) is 0 Å². The second kappa shape index (κ2) is 5.81. The van der Waals surface area contributed by atoms with Crippen LogP contribution in [0.25, 0.3) is 0 Å². The van der Waals surface area contributed by atoms with Crippen LogP contribution in [0.15, 0.2) is 17.1 Å². The largest absolute Gasteiger partial charge is 0.469 e. The van der Waals surface area contributed by atoms with Crippen LogP contribution in [-0.4, -0.2) is 54.5 Å². The summed E-state index contributed by atoms with van der Waals surface area (Å²) in [6.07, 6.45) is -4.27. The van der Waals surface area contributed by atoms with Crippen molar-refractivity contribution in [3.05, 3.63) is 22.7 Å². The molecule has 0 aromatic carbocycles. The predicted octanol–water partition coefficient (Wildman–Crippen LogP) is -2.45. The summed E-state index contributed by atoms with van der Waals surface area (Å²) in [7, 11) is -4.74. The minimum absolute atomic E-state index is 0.0225. The molecule has 0 radical (unpaired) electrons. The van der Waals surface area contributed by atoms with Crippen molar-refractivity contribution in [1.82, 2.24) is 9.55 Å². The number of phosphoric ester groups is 1. The molecule has 2 heterocycles. The van der Waals surface area contributed by atoms with E-state index in [0.717, 1.165) is 4.57 Å². The SMILES string of the molecule is Nc1ccn([C@@H]2OC(COP(=O)(O)O)C(O)C2O)c(=O)n1. The van der Waals surface area contributed by atoms with Crippen LogP contribution in [0.3, 0.4) is 0 Å². The van der Waals surface area contributed by atoms with Gasteiger partial charge in [0.15, 0.2) is 6.23 Å². The lowest BCUT2D eigenvalue weighted by Gasteiger charge is -2.16. The number of hydrogen-bond donors (Lipinski definition) is 5. The molecule has 1 aliphatic heterocycles. The van der Waals surface area contributed by atoms with E-state index in [4.69, 9.17) is 20.3 Å². The highest BCUT2D eigenvalue weighted by Crippen LogP contribution is 2.38. The third-order valence-corrected chi connectivity index (χ3v) is 3.36. The molecule has 0 spiro atoms. The molecular formula is C9H14N3O8P. The topological polar surface area (TPSA) is 177 Å². The lowest BCUT2D eigenvalue weighted by atomic mass is 10.1. The van der Waals surface area contributed by atoms with Crippen molar-refractivity contribution in [2.75, 3.05) is 12.3 Å². The van der Waals surface area contributed by atoms with Gasteiger partial charge in [-0.15, -0.1) is 0 Å². The Kier molecular flexibility index (Phi) is 4.44. The van der Waals surface area contributed by atoms with E-state index in [1.807, 2.05) is 0 Å². The Morgan fingerprint density at radius 2 is 2.10 bits per heavy atom. The average molecular weight is 323 g/mol. The summed E-state index contributed by atoms with van der Waals surface area (Å²) in [5.74, 6) is -0.0225. The molecule has 118 valence electrons. The molecule has 12 heteroatoms. The zero-order valence-electron chi connectivity index (χ0n) is 10.5. The number of nitrogen functional groups attached to an aromatic ring is 1. The molecule has 0 amide bonds. The minimum atomic E-state index is -4.74. The fraction of sp³-hybridized carbons (Fsp3) is 0.556. The number of hydrogen-bond acceptors (Lipinski definition) is 8. The maximum Gasteiger partial charge on any atom is 0.469 e. The lowest BCUT2D eigenvalue weighted by Crippen LogP contribution is -2.36. The molecular weight excluding hydrogens is 309 g/mol. The molecule has 1 fully saturated rings. The summed E-state index contributed by atoms with van der Waals surface area (Å²) < 4.78 is 20.9. The van der Waals surface area contributed by atoms with E-state index in [1.54, 1.807) is 0 Å². The molecule has 1 aromatic rings. The Labute approximate surface area is 117 Å². The van der Waals surface area contributed by atoms with E-state index < -0.39 is 44.7 Å². The van der Waals surface area contributed by atoms with Crippen molar-refractivity contribution in [2.45, 2.75) is 24.5 Å². The summed E-state index contributed by atoms with van der Waals surface area (Å²) in [5, 5.41) is 19.6. The monoisotopic (exact) mass is 323 g/mol. The van der Waals surface area contributed by atoms with Gasteiger partial charge in [0.25, 0.3) is 0 Å². The minimum Gasteiger partial charge on any atom is -0.387 e. The molecule has 6 N–H and O–H groups in total. The summed E-state index contributed by atoms with van der Waals surface area (Å²) in [6, 6.07) is 1.29. The van der Waals surface area contributed by atoms with Crippen LogP contribution in [0.2, 0.25) is 0 Å². The van der Waals surface area contributed by atoms with Gasteiger partial charge in [0.05, 0.1) is 6.61 Å². The number of aromatic nitrogens is 2. The van der Waals surface area contributed by atoms with E-state index in [2.05, 4.69) is 9.51 Å². The van der Waals surface area contributed by atoms with E-state index >= 15 is 0 Å². The standard InChI is InChI=1S/C9H14N3O8P/c10-5-1-2-12(9(15)11-5)8-7(14)6(13)4(20-8)3-19-21(16,17)18/h1-2,4,6-8,13-14H,3H2,(H2,10,11,15)(H2,16,17,18)/t4?,6?,7?,8-/m1/s1. The summed E-state index contributed by atoms with van der Waals surface area (Å²) in [5.41, 5.74) is 4.52. The number of anilines is 1. The zero-order chi connectivity index (χ0) is 15.8. The summed E-state index contributed by atoms with van der Waals surface area (Å²) in [4.78, 5) is 32.3. The molecule has 4 atom stereocenters. The molecule has 1 aromatic heterocycles. The number of nitrogens with zero attached hydrogens (tertiary/aromatic N) is 2. The van der Waals surface area contributed by atoms with Crippen LogP contribution in [0, 0.1) is 0 Å². The lowest BCUT2D eigenvalue weighted by molar-refractivity contribution is -0.0542. The molecule has 0 aliphatic carbocycles. The predicted molar refractivity (Wildman–Crippen MR) is 66.8 cm³/mol. The van der Waals surface area contributed by atoms with Crippen LogP contribution in [0.1, 0.15) is 6.23 Å². The van der Waals surface area contributed by atoms with Crippen molar-refractivity contribution < 1.29 is 33.8 Å². The van der Waals surface area contributed by atoms with Gasteiger partial charge >= 0.3 is 13.5 Å². The van der Waals surface area contributed by atoms with Crippen LogP contribution < -0.4 is 11.4 Å². The second-order valence-corrected chi connectivity index (χ2v) is 5.61. The Balaban J connectivity index is 2.16. The molecule has 1 saturated heterocycles. The summed E-state index contributed by atoms with van der Waals surface area (Å²) in [6.45, 7) is -0.657. The van der Waals surface area contributed by atoms with Gasteiger partial charge in [-0.2, -0.15) is 4.98 Å². The fourth-order valence-electron chi connectivity index (χ4n) is 1.89. The van der Waals surface area contributed by atoms with E-state index in [1.165, 1.54) is 12.3 Å². The molecule has 3 unspecified atom stereocenters. The Morgan fingerprint density at radius 3 is 2.67 bits per heavy atom. The smallest absolute Gasteiger partial charge is 0.387 e. The number of aliphatic hydroxyl groups excluding tert-OH is 2. The highest BCUT2D eigenvalue weighted by atomic mass is 31.2. The maximum absolute atomic E-state index is 11.6. The summed E-state index contributed by atoms with van der Waals surface area (Å²) >= 11 is 0. The highest BCUT2D eigenvalue weighted by Gasteiger charge is 2.44. The van der Waals surface area contributed by atoms with Gasteiger partial charge < -0.3 is 30.5 Å². The van der Waals surface area contributed by atoms with Crippen LogP contribution in [0.5, 0.6) is 0 Å². The van der Waals surface area contributed by atoms with Crippen LogP contribution in [-0.2, 0) is 13.8 Å². The molecule has 21 heavy (non-hydrogen) atoms. The van der Waals surface area contributed by atoms with Crippen molar-refractivity contribution in [3.63, 3.8) is 0 Å². The van der Waals surface area contributed by atoms with Gasteiger partial charge in [-0.05, 0) is 6.07 Å². The van der Waals surface area contributed by atoms with E-state index in [9.17, 15) is 19.6 Å². The third kappa shape index (κ3) is 3.66. The first kappa shape index (κ1) is 16.0. The molecule has 2 rings (SSSR count). The fourth-order valence-corrected chi connectivity index (χ4v) is 2.23. The molecule has 0 saturated carbocycles. The first-order chi connectivity index (χ1) is 9.69. The van der Waals surface area contributed by atoms with Gasteiger partial charge in [0.2, 0.25) is 0 Å². The number of ether oxygens (including phenoxy) is 1. The van der Waals surface area contributed by atoms with Crippen molar-refractivity contribution >= 4 is 13.6 Å². The van der Waals surface area contributed by atoms with Crippen molar-refractivity contribution in [1.29, 1.82) is 0 Å². The first-order valence-electron chi connectivity index (χ1n) is 5.75. The van der Waals surface area contributed by atoms with Gasteiger partial charge in [0.1, 0.15) is 24.1 Å². The number of phosphoric acid groups is 1. The van der Waals surface area contributed by atoms with Crippen LogP contribution in [0.4, 0.5) is 5.82 Å². The Morgan fingerprint density at radius 1 is 1.43 bits per heavy atom. The maximum atomic E-state index is 11.6. The number of nitrogens with two attached hydrogens (primary N) is 1. The Bertz CT molecular complexity index is 615. The normalized spacial score (nSPS) is 29.7. The van der Waals surface area contributed by atoms with Gasteiger partial charge in [-0.3, -0.25) is 9.09 Å². The Hall–Kier alpha value is -1.33. The molecule has 0 bridgehead atoms. The van der Waals surface area contributed by atoms with E-state index in [0.29, 0.717) is 0 Å².